The molecule has 1 amide bonds. The number of piperidine rings is 1. The Balaban J connectivity index is 1.84. The minimum Gasteiger partial charge on any atom is -0.394 e. The Labute approximate surface area is 118 Å². The molecule has 1 aromatic heterocycles. The van der Waals surface area contributed by atoms with Crippen molar-refractivity contribution in [1.82, 2.24) is 20.1 Å². The zero-order valence-electron chi connectivity index (χ0n) is 11.8. The van der Waals surface area contributed by atoms with Gasteiger partial charge >= 0.3 is 0 Å². The third-order valence-electron chi connectivity index (χ3n) is 3.38. The molecule has 0 spiro atoms. The van der Waals surface area contributed by atoms with Gasteiger partial charge < -0.3 is 14.7 Å². The highest BCUT2D eigenvalue weighted by Crippen LogP contribution is 2.15. The van der Waals surface area contributed by atoms with Gasteiger partial charge in [0.15, 0.2) is 0 Å². The van der Waals surface area contributed by atoms with Gasteiger partial charge in [-0.2, -0.15) is 0 Å². The van der Waals surface area contributed by atoms with Crippen LogP contribution in [0, 0.1) is 0 Å². The summed E-state index contributed by atoms with van der Waals surface area (Å²) in [6.07, 6.45) is 3.48. The van der Waals surface area contributed by atoms with E-state index in [1.54, 1.807) is 4.90 Å². The molecule has 7 heteroatoms. The molecule has 20 heavy (non-hydrogen) atoms. The molecule has 1 fully saturated rings. The number of aliphatic hydroxyl groups excluding tert-OH is 1. The number of likely N-dealkylation sites (tertiary alicyclic amines) is 1. The molecule has 0 aliphatic carbocycles. The third-order valence-corrected chi connectivity index (χ3v) is 3.38. The van der Waals surface area contributed by atoms with Crippen LogP contribution in [0.1, 0.15) is 42.6 Å². The minimum absolute atomic E-state index is 0.0382. The highest BCUT2D eigenvalue weighted by Gasteiger charge is 2.26. The van der Waals surface area contributed by atoms with Crippen LogP contribution in [-0.4, -0.2) is 63.5 Å². The molecule has 0 aromatic carbocycles. The molecule has 1 saturated heterocycles. The Bertz CT molecular complexity index is 427. The third kappa shape index (κ3) is 3.77. The number of hydrogen-bond acceptors (Lipinski definition) is 5. The average molecular weight is 282 g/mol. The molecule has 0 unspecified atom stereocenters. The van der Waals surface area contributed by atoms with Crippen LogP contribution in [0.25, 0.3) is 0 Å². The van der Waals surface area contributed by atoms with Crippen LogP contribution in [0.5, 0.6) is 0 Å². The fourth-order valence-electron chi connectivity index (χ4n) is 2.33. The summed E-state index contributed by atoms with van der Waals surface area (Å²) in [4.78, 5) is 18.2. The second-order valence-corrected chi connectivity index (χ2v) is 4.94. The molecule has 0 atom stereocenters. The van der Waals surface area contributed by atoms with Crippen LogP contribution in [0.4, 0.5) is 0 Å². The predicted octanol–water partition coefficient (Wildman–Crippen LogP) is 0.371. The lowest BCUT2D eigenvalue weighted by Crippen LogP contribution is -2.41. The molecule has 1 aromatic rings. The molecule has 7 nitrogen and oxygen atoms in total. The van der Waals surface area contributed by atoms with Crippen molar-refractivity contribution in [2.45, 2.75) is 38.7 Å². The molecule has 112 valence electrons. The van der Waals surface area contributed by atoms with Crippen molar-refractivity contribution in [3.05, 3.63) is 11.6 Å². The molecule has 0 saturated carbocycles. The number of ether oxygens (including phenoxy) is 1. The van der Waals surface area contributed by atoms with E-state index in [1.165, 1.54) is 0 Å². The monoisotopic (exact) mass is 282 g/mol. The quantitative estimate of drug-likeness (QED) is 0.786. The number of aromatic amines is 1. The number of amides is 1. The van der Waals surface area contributed by atoms with Gasteiger partial charge in [-0.15, -0.1) is 5.10 Å². The Kier molecular flexibility index (Phi) is 5.49. The molecule has 1 aliphatic heterocycles. The number of aliphatic hydroxyl groups is 1. The lowest BCUT2D eigenvalue weighted by Gasteiger charge is -2.31. The van der Waals surface area contributed by atoms with Gasteiger partial charge in [-0.25, -0.2) is 4.98 Å². The first-order valence-corrected chi connectivity index (χ1v) is 7.17. The number of carbonyl (C=O) groups excluding carboxylic acids is 1. The van der Waals surface area contributed by atoms with Crippen molar-refractivity contribution in [1.29, 1.82) is 0 Å². The number of nitrogens with zero attached hydrogens (tertiary/aromatic N) is 3. The smallest absolute Gasteiger partial charge is 0.293 e. The van der Waals surface area contributed by atoms with Crippen molar-refractivity contribution in [2.75, 3.05) is 26.3 Å². The van der Waals surface area contributed by atoms with E-state index >= 15 is 0 Å². The number of aromatic nitrogens is 3. The summed E-state index contributed by atoms with van der Waals surface area (Å²) in [6, 6.07) is 0. The van der Waals surface area contributed by atoms with Crippen molar-refractivity contribution < 1.29 is 14.6 Å². The molecule has 2 rings (SSSR count). The van der Waals surface area contributed by atoms with E-state index in [2.05, 4.69) is 22.1 Å². The van der Waals surface area contributed by atoms with E-state index in [4.69, 9.17) is 9.84 Å². The van der Waals surface area contributed by atoms with Gasteiger partial charge in [0.25, 0.3) is 5.91 Å². The number of aryl methyl sites for hydroxylation is 1. The fourth-order valence-corrected chi connectivity index (χ4v) is 2.33. The van der Waals surface area contributed by atoms with Crippen molar-refractivity contribution in [3.8, 4) is 0 Å². The van der Waals surface area contributed by atoms with Crippen LogP contribution in [0.2, 0.25) is 0 Å². The Morgan fingerprint density at radius 1 is 1.50 bits per heavy atom. The summed E-state index contributed by atoms with van der Waals surface area (Å²) in [6.45, 7) is 3.75. The summed E-state index contributed by atoms with van der Waals surface area (Å²) < 4.78 is 5.48. The average Bonchev–Trinajstić information content (AvgIpc) is 2.94. The molecular formula is C13H22N4O3. The van der Waals surface area contributed by atoms with Gasteiger partial charge in [-0.3, -0.25) is 9.89 Å². The maximum Gasteiger partial charge on any atom is 0.293 e. The highest BCUT2D eigenvalue weighted by atomic mass is 16.5. The first-order chi connectivity index (χ1) is 9.74. The van der Waals surface area contributed by atoms with Crippen LogP contribution < -0.4 is 0 Å². The van der Waals surface area contributed by atoms with Crippen LogP contribution in [-0.2, 0) is 11.2 Å². The highest BCUT2D eigenvalue weighted by molar-refractivity contribution is 5.90. The van der Waals surface area contributed by atoms with Crippen LogP contribution >= 0.6 is 0 Å². The molecule has 0 radical (unpaired) electrons. The maximum absolute atomic E-state index is 12.2. The summed E-state index contributed by atoms with van der Waals surface area (Å²) in [5.41, 5.74) is 0. The Hall–Kier alpha value is -1.47. The molecular weight excluding hydrogens is 260 g/mol. The SMILES string of the molecule is CCCc1nc(C(=O)N2CCC(OCCO)CC2)n[nH]1. The van der Waals surface area contributed by atoms with Crippen LogP contribution in [0.3, 0.4) is 0 Å². The fraction of sp³-hybridized carbons (Fsp3) is 0.769. The van der Waals surface area contributed by atoms with Crippen molar-refractivity contribution >= 4 is 5.91 Å². The summed E-state index contributed by atoms with van der Waals surface area (Å²) in [5, 5.41) is 15.5. The molecule has 1 aliphatic rings. The first kappa shape index (κ1) is 14.9. The van der Waals surface area contributed by atoms with Gasteiger partial charge in [-0.05, 0) is 19.3 Å². The first-order valence-electron chi connectivity index (χ1n) is 7.17. The second kappa shape index (κ2) is 7.35. The Morgan fingerprint density at radius 2 is 2.25 bits per heavy atom. The number of nitrogens with one attached hydrogen (secondary N) is 1. The summed E-state index contributed by atoms with van der Waals surface area (Å²) in [5.74, 6) is 0.893. The zero-order valence-corrected chi connectivity index (χ0v) is 11.8. The van der Waals surface area contributed by atoms with Gasteiger partial charge in [0.2, 0.25) is 5.82 Å². The lowest BCUT2D eigenvalue weighted by atomic mass is 10.1. The van der Waals surface area contributed by atoms with Gasteiger partial charge in [0.05, 0.1) is 19.3 Å². The normalized spacial score (nSPS) is 16.6. The molecule has 2 N–H and O–H groups in total. The van der Waals surface area contributed by atoms with Gasteiger partial charge in [0, 0.05) is 19.5 Å². The van der Waals surface area contributed by atoms with Gasteiger partial charge in [0.1, 0.15) is 5.82 Å². The van der Waals surface area contributed by atoms with Crippen molar-refractivity contribution in [2.24, 2.45) is 0 Å². The number of carbonyl (C=O) groups is 1. The maximum atomic E-state index is 12.2. The molecule has 2 heterocycles. The van der Waals surface area contributed by atoms with E-state index in [-0.39, 0.29) is 24.4 Å². The van der Waals surface area contributed by atoms with E-state index in [1.807, 2.05) is 0 Å². The predicted molar refractivity (Wildman–Crippen MR) is 72.3 cm³/mol. The van der Waals surface area contributed by atoms with E-state index in [0.717, 1.165) is 31.5 Å². The van der Waals surface area contributed by atoms with Crippen LogP contribution in [0.15, 0.2) is 0 Å². The number of hydrogen-bond donors (Lipinski definition) is 2. The topological polar surface area (TPSA) is 91.3 Å². The lowest BCUT2D eigenvalue weighted by molar-refractivity contribution is -0.00575. The Morgan fingerprint density at radius 3 is 2.90 bits per heavy atom. The standard InChI is InChI=1S/C13H22N4O3/c1-2-3-11-14-12(16-15-11)13(19)17-6-4-10(5-7-17)20-9-8-18/h10,18H,2-9H2,1H3,(H,14,15,16). The largest absolute Gasteiger partial charge is 0.394 e. The number of rotatable bonds is 6. The minimum atomic E-state index is -0.121. The second-order valence-electron chi connectivity index (χ2n) is 4.94. The van der Waals surface area contributed by atoms with Gasteiger partial charge in [-0.1, -0.05) is 6.92 Å². The van der Waals surface area contributed by atoms with E-state index in [9.17, 15) is 4.79 Å². The summed E-state index contributed by atoms with van der Waals surface area (Å²) >= 11 is 0. The van der Waals surface area contributed by atoms with Crippen molar-refractivity contribution in [3.63, 3.8) is 0 Å². The molecule has 0 bridgehead atoms. The van der Waals surface area contributed by atoms with E-state index in [0.29, 0.717) is 19.7 Å². The summed E-state index contributed by atoms with van der Waals surface area (Å²) in [7, 11) is 0. The van der Waals surface area contributed by atoms with E-state index < -0.39 is 0 Å². The zero-order chi connectivity index (χ0) is 14.4. The number of H-pyrrole nitrogens is 1.